The van der Waals surface area contributed by atoms with Crippen LogP contribution >= 0.6 is 0 Å². The summed E-state index contributed by atoms with van der Waals surface area (Å²) in [5.41, 5.74) is 0.948. The molecular formula is C19H24FNO2. The summed E-state index contributed by atoms with van der Waals surface area (Å²) in [6, 6.07) is 6.41. The van der Waals surface area contributed by atoms with Gasteiger partial charge in [0.2, 0.25) is 5.91 Å². The molecule has 1 amide bonds. The van der Waals surface area contributed by atoms with Crippen LogP contribution in [0.4, 0.5) is 4.39 Å². The maximum absolute atomic E-state index is 13.1. The van der Waals surface area contributed by atoms with E-state index in [0.29, 0.717) is 32.0 Å². The number of hydrogen-bond donors (Lipinski definition) is 0. The first-order chi connectivity index (χ1) is 11.2. The van der Waals surface area contributed by atoms with Gasteiger partial charge in [-0.15, -0.1) is 0 Å². The lowest BCUT2D eigenvalue weighted by Crippen LogP contribution is -2.43. The zero-order valence-corrected chi connectivity index (χ0v) is 13.4. The van der Waals surface area contributed by atoms with Crippen molar-refractivity contribution >= 4 is 5.91 Å². The zero-order valence-electron chi connectivity index (χ0n) is 13.4. The molecule has 3 aliphatic rings. The van der Waals surface area contributed by atoms with E-state index in [2.05, 4.69) is 0 Å². The average Bonchev–Trinajstić information content (AvgIpc) is 3.18. The van der Waals surface area contributed by atoms with Gasteiger partial charge in [-0.1, -0.05) is 18.6 Å². The smallest absolute Gasteiger partial charge is 0.223 e. The van der Waals surface area contributed by atoms with E-state index < -0.39 is 0 Å². The van der Waals surface area contributed by atoms with Gasteiger partial charge in [0.15, 0.2) is 0 Å². The molecule has 2 aliphatic carbocycles. The monoisotopic (exact) mass is 317 g/mol. The minimum atomic E-state index is -0.242. The summed E-state index contributed by atoms with van der Waals surface area (Å²) in [4.78, 5) is 14.6. The van der Waals surface area contributed by atoms with Crippen molar-refractivity contribution in [1.82, 2.24) is 4.90 Å². The van der Waals surface area contributed by atoms with E-state index in [0.717, 1.165) is 17.4 Å². The van der Waals surface area contributed by atoms with Crippen molar-refractivity contribution in [2.24, 2.45) is 17.8 Å². The summed E-state index contributed by atoms with van der Waals surface area (Å²) in [6.07, 6.45) is 5.87. The molecule has 4 rings (SSSR count). The van der Waals surface area contributed by atoms with Crippen LogP contribution < -0.4 is 0 Å². The van der Waals surface area contributed by atoms with Crippen molar-refractivity contribution in [2.75, 3.05) is 19.7 Å². The van der Waals surface area contributed by atoms with Gasteiger partial charge >= 0.3 is 0 Å². The first-order valence-electron chi connectivity index (χ1n) is 8.84. The molecule has 3 fully saturated rings. The molecule has 23 heavy (non-hydrogen) atoms. The Morgan fingerprint density at radius 1 is 1.22 bits per heavy atom. The highest BCUT2D eigenvalue weighted by Crippen LogP contribution is 2.49. The number of rotatable bonds is 3. The van der Waals surface area contributed by atoms with Crippen molar-refractivity contribution in [3.8, 4) is 0 Å². The van der Waals surface area contributed by atoms with Crippen LogP contribution in [0.1, 0.15) is 43.8 Å². The first kappa shape index (κ1) is 15.1. The quantitative estimate of drug-likeness (QED) is 0.853. The van der Waals surface area contributed by atoms with Crippen LogP contribution in [-0.4, -0.2) is 30.5 Å². The Bertz CT molecular complexity index is 573. The Morgan fingerprint density at radius 3 is 2.74 bits per heavy atom. The Labute approximate surface area is 136 Å². The summed E-state index contributed by atoms with van der Waals surface area (Å²) in [5.74, 6) is 2.31. The highest BCUT2D eigenvalue weighted by atomic mass is 19.1. The number of carbonyl (C=O) groups excluding carboxylic acids is 1. The SMILES string of the molecule is O=C(CC1CC2CCC1C2)N1CCOC(c2ccc(F)cc2)C1. The van der Waals surface area contributed by atoms with Crippen molar-refractivity contribution in [3.63, 3.8) is 0 Å². The summed E-state index contributed by atoms with van der Waals surface area (Å²) in [5, 5.41) is 0. The highest BCUT2D eigenvalue weighted by Gasteiger charge is 2.41. The summed E-state index contributed by atoms with van der Waals surface area (Å²) in [6.45, 7) is 1.83. The summed E-state index contributed by atoms with van der Waals surface area (Å²) < 4.78 is 18.8. The van der Waals surface area contributed by atoms with Crippen molar-refractivity contribution in [1.29, 1.82) is 0 Å². The number of halogens is 1. The Hall–Kier alpha value is -1.42. The molecule has 0 spiro atoms. The maximum Gasteiger partial charge on any atom is 0.223 e. The number of ether oxygens (including phenoxy) is 1. The van der Waals surface area contributed by atoms with Gasteiger partial charge in [0, 0.05) is 13.0 Å². The third-order valence-corrected chi connectivity index (χ3v) is 5.98. The minimum Gasteiger partial charge on any atom is -0.370 e. The number of amides is 1. The van der Waals surface area contributed by atoms with Gasteiger partial charge in [-0.25, -0.2) is 4.39 Å². The van der Waals surface area contributed by atoms with E-state index in [1.165, 1.54) is 37.8 Å². The molecule has 124 valence electrons. The van der Waals surface area contributed by atoms with E-state index in [4.69, 9.17) is 4.74 Å². The van der Waals surface area contributed by atoms with E-state index in [1.54, 1.807) is 12.1 Å². The van der Waals surface area contributed by atoms with Crippen molar-refractivity contribution < 1.29 is 13.9 Å². The molecule has 0 radical (unpaired) electrons. The standard InChI is InChI=1S/C19H24FNO2/c20-17-5-3-14(4-6-17)18-12-21(7-8-23-18)19(22)11-16-10-13-1-2-15(16)9-13/h3-6,13,15-16,18H,1-2,7-12H2. The second-order valence-electron chi connectivity index (χ2n) is 7.39. The molecule has 1 aromatic rings. The lowest BCUT2D eigenvalue weighted by atomic mass is 9.86. The third kappa shape index (κ3) is 3.14. The molecule has 4 atom stereocenters. The van der Waals surface area contributed by atoms with Crippen LogP contribution in [-0.2, 0) is 9.53 Å². The maximum atomic E-state index is 13.1. The van der Waals surface area contributed by atoms with Crippen LogP contribution in [0.3, 0.4) is 0 Å². The molecule has 1 aliphatic heterocycles. The van der Waals surface area contributed by atoms with Gasteiger partial charge in [0.1, 0.15) is 11.9 Å². The normalized spacial score (nSPS) is 33.2. The third-order valence-electron chi connectivity index (χ3n) is 5.98. The molecular weight excluding hydrogens is 293 g/mol. The van der Waals surface area contributed by atoms with Crippen LogP contribution in [0.15, 0.2) is 24.3 Å². The fourth-order valence-electron chi connectivity index (χ4n) is 4.73. The number of carbonyl (C=O) groups is 1. The molecule has 3 nitrogen and oxygen atoms in total. The molecule has 0 aromatic heterocycles. The highest BCUT2D eigenvalue weighted by molar-refractivity contribution is 5.76. The zero-order chi connectivity index (χ0) is 15.8. The van der Waals surface area contributed by atoms with E-state index in [9.17, 15) is 9.18 Å². The molecule has 4 unspecified atom stereocenters. The number of morpholine rings is 1. The van der Waals surface area contributed by atoms with Gasteiger partial charge in [0.25, 0.3) is 0 Å². The Balaban J connectivity index is 1.37. The second kappa shape index (κ2) is 6.23. The van der Waals surface area contributed by atoms with Gasteiger partial charge in [-0.2, -0.15) is 0 Å². The number of benzene rings is 1. The lowest BCUT2D eigenvalue weighted by Gasteiger charge is -2.34. The molecule has 1 aromatic carbocycles. The predicted molar refractivity (Wildman–Crippen MR) is 85.2 cm³/mol. The fraction of sp³-hybridized carbons (Fsp3) is 0.632. The van der Waals surface area contributed by atoms with Crippen LogP contribution in [0.5, 0.6) is 0 Å². The first-order valence-corrected chi connectivity index (χ1v) is 8.84. The Morgan fingerprint density at radius 2 is 2.04 bits per heavy atom. The predicted octanol–water partition coefficient (Wildman–Crippen LogP) is 3.55. The number of nitrogens with zero attached hydrogens (tertiary/aromatic N) is 1. The second-order valence-corrected chi connectivity index (χ2v) is 7.39. The van der Waals surface area contributed by atoms with Gasteiger partial charge in [-0.05, 0) is 54.7 Å². The average molecular weight is 317 g/mol. The fourth-order valence-corrected chi connectivity index (χ4v) is 4.73. The van der Waals surface area contributed by atoms with E-state index >= 15 is 0 Å². The number of hydrogen-bond acceptors (Lipinski definition) is 2. The molecule has 2 bridgehead atoms. The molecule has 2 saturated carbocycles. The topological polar surface area (TPSA) is 29.5 Å². The molecule has 4 heteroatoms. The molecule has 1 saturated heterocycles. The molecule has 0 N–H and O–H groups in total. The van der Waals surface area contributed by atoms with Crippen LogP contribution in [0.2, 0.25) is 0 Å². The van der Waals surface area contributed by atoms with E-state index in [1.807, 2.05) is 4.90 Å². The largest absolute Gasteiger partial charge is 0.370 e. The molecule has 1 heterocycles. The number of fused-ring (bicyclic) bond motifs is 2. The summed E-state index contributed by atoms with van der Waals surface area (Å²) >= 11 is 0. The van der Waals surface area contributed by atoms with Crippen LogP contribution in [0.25, 0.3) is 0 Å². The summed E-state index contributed by atoms with van der Waals surface area (Å²) in [7, 11) is 0. The van der Waals surface area contributed by atoms with Crippen LogP contribution in [0, 0.1) is 23.6 Å². The Kier molecular flexibility index (Phi) is 4.10. The van der Waals surface area contributed by atoms with Gasteiger partial charge in [0.05, 0.1) is 13.2 Å². The van der Waals surface area contributed by atoms with E-state index in [-0.39, 0.29) is 17.8 Å². The van der Waals surface area contributed by atoms with Crippen molar-refractivity contribution in [2.45, 2.75) is 38.2 Å². The lowest BCUT2D eigenvalue weighted by molar-refractivity contribution is -0.140. The van der Waals surface area contributed by atoms with Gasteiger partial charge in [-0.3, -0.25) is 4.79 Å². The van der Waals surface area contributed by atoms with Gasteiger partial charge < -0.3 is 9.64 Å². The van der Waals surface area contributed by atoms with Crippen molar-refractivity contribution in [3.05, 3.63) is 35.6 Å². The minimum absolute atomic E-state index is 0.131.